The van der Waals surface area contributed by atoms with Gasteiger partial charge in [-0.05, 0) is 24.6 Å². The average molecular weight is 238 g/mol. The average Bonchev–Trinajstić information content (AvgIpc) is 2.38. The predicted octanol–water partition coefficient (Wildman–Crippen LogP) is 3.18. The van der Waals surface area contributed by atoms with E-state index in [1.54, 1.807) is 12.1 Å². The van der Waals surface area contributed by atoms with E-state index < -0.39 is 0 Å². The van der Waals surface area contributed by atoms with Crippen LogP contribution in [0, 0.1) is 18.3 Å². The molecule has 0 spiro atoms. The van der Waals surface area contributed by atoms with E-state index >= 15 is 0 Å². The van der Waals surface area contributed by atoms with E-state index in [-0.39, 0.29) is 5.75 Å². The molecule has 0 saturated heterocycles. The minimum atomic E-state index is 0.260. The number of hydrogen-bond acceptors (Lipinski definition) is 3. The maximum absolute atomic E-state index is 9.66. The minimum absolute atomic E-state index is 0.260. The monoisotopic (exact) mass is 238 g/mol. The quantitative estimate of drug-likeness (QED) is 0.863. The molecule has 0 aliphatic rings. The van der Waals surface area contributed by atoms with Gasteiger partial charge in [-0.15, -0.1) is 0 Å². The molecular formula is C15H14N2O. The van der Waals surface area contributed by atoms with E-state index in [2.05, 4.69) is 11.4 Å². The van der Waals surface area contributed by atoms with Crippen molar-refractivity contribution in [1.82, 2.24) is 0 Å². The van der Waals surface area contributed by atoms with Crippen molar-refractivity contribution in [3.05, 3.63) is 59.2 Å². The first-order valence-corrected chi connectivity index (χ1v) is 5.73. The van der Waals surface area contributed by atoms with Crippen molar-refractivity contribution < 1.29 is 5.11 Å². The number of phenolic OH excluding ortho intramolecular Hbond substituents is 1. The second kappa shape index (κ2) is 5.24. The summed E-state index contributed by atoms with van der Waals surface area (Å²) in [4.78, 5) is 0. The predicted molar refractivity (Wildman–Crippen MR) is 71.3 cm³/mol. The van der Waals surface area contributed by atoms with Gasteiger partial charge in [-0.2, -0.15) is 5.26 Å². The summed E-state index contributed by atoms with van der Waals surface area (Å²) in [6.07, 6.45) is 0. The molecule has 0 atom stereocenters. The van der Waals surface area contributed by atoms with Crippen LogP contribution in [0.5, 0.6) is 5.75 Å². The Labute approximate surface area is 106 Å². The van der Waals surface area contributed by atoms with E-state index in [9.17, 15) is 5.11 Å². The van der Waals surface area contributed by atoms with Crippen molar-refractivity contribution >= 4 is 5.69 Å². The Morgan fingerprint density at radius 3 is 2.67 bits per heavy atom. The number of nitrogens with one attached hydrogen (secondary N) is 1. The SMILES string of the molecule is Cc1cccc(NCc2ccccc2O)c1C#N. The third-order valence-electron chi connectivity index (χ3n) is 2.85. The van der Waals surface area contributed by atoms with Gasteiger partial charge in [0.2, 0.25) is 0 Å². The van der Waals surface area contributed by atoms with E-state index in [1.807, 2.05) is 37.3 Å². The van der Waals surface area contributed by atoms with Gasteiger partial charge in [0, 0.05) is 12.1 Å². The number of nitriles is 1. The molecule has 0 aliphatic carbocycles. The number of phenols is 1. The summed E-state index contributed by atoms with van der Waals surface area (Å²) in [6, 6.07) is 15.0. The molecule has 3 heteroatoms. The minimum Gasteiger partial charge on any atom is -0.508 e. The number of anilines is 1. The van der Waals surface area contributed by atoms with Crippen molar-refractivity contribution in [3.8, 4) is 11.8 Å². The van der Waals surface area contributed by atoms with Crippen LogP contribution in [-0.4, -0.2) is 5.11 Å². The molecule has 0 aliphatic heterocycles. The lowest BCUT2D eigenvalue weighted by Crippen LogP contribution is -2.02. The number of nitrogens with zero attached hydrogens (tertiary/aromatic N) is 1. The molecule has 0 amide bonds. The zero-order valence-corrected chi connectivity index (χ0v) is 10.1. The second-order valence-corrected chi connectivity index (χ2v) is 4.09. The Kier molecular flexibility index (Phi) is 3.49. The van der Waals surface area contributed by atoms with Crippen molar-refractivity contribution in [2.24, 2.45) is 0 Å². The molecule has 0 aromatic heterocycles. The third kappa shape index (κ3) is 2.44. The summed E-state index contributed by atoms with van der Waals surface area (Å²) >= 11 is 0. The Bertz CT molecular complexity index is 600. The molecule has 18 heavy (non-hydrogen) atoms. The van der Waals surface area contributed by atoms with Gasteiger partial charge in [-0.1, -0.05) is 30.3 Å². The number of benzene rings is 2. The molecule has 2 rings (SSSR count). The maximum Gasteiger partial charge on any atom is 0.120 e. The second-order valence-electron chi connectivity index (χ2n) is 4.09. The molecule has 2 aromatic carbocycles. The lowest BCUT2D eigenvalue weighted by molar-refractivity contribution is 0.469. The van der Waals surface area contributed by atoms with Crippen LogP contribution in [0.3, 0.4) is 0 Å². The third-order valence-corrected chi connectivity index (χ3v) is 2.85. The highest BCUT2D eigenvalue weighted by Gasteiger charge is 2.05. The van der Waals surface area contributed by atoms with E-state index in [1.165, 1.54) is 0 Å². The smallest absolute Gasteiger partial charge is 0.120 e. The van der Waals surface area contributed by atoms with E-state index in [0.717, 1.165) is 16.8 Å². The van der Waals surface area contributed by atoms with Crippen LogP contribution in [0.1, 0.15) is 16.7 Å². The summed E-state index contributed by atoms with van der Waals surface area (Å²) in [5.41, 5.74) is 3.19. The number of para-hydroxylation sites is 1. The first-order chi connectivity index (χ1) is 8.72. The van der Waals surface area contributed by atoms with Crippen LogP contribution in [0.15, 0.2) is 42.5 Å². The fourth-order valence-electron chi connectivity index (χ4n) is 1.81. The van der Waals surface area contributed by atoms with Gasteiger partial charge in [0.1, 0.15) is 11.8 Å². The molecule has 0 heterocycles. The normalized spacial score (nSPS) is 9.78. The van der Waals surface area contributed by atoms with Crippen LogP contribution in [0.25, 0.3) is 0 Å². The van der Waals surface area contributed by atoms with Crippen molar-refractivity contribution in [3.63, 3.8) is 0 Å². The van der Waals surface area contributed by atoms with Crippen LogP contribution >= 0.6 is 0 Å². The van der Waals surface area contributed by atoms with Gasteiger partial charge < -0.3 is 10.4 Å². The van der Waals surface area contributed by atoms with Gasteiger partial charge >= 0.3 is 0 Å². The summed E-state index contributed by atoms with van der Waals surface area (Å²) in [5.74, 6) is 0.260. The number of rotatable bonds is 3. The highest BCUT2D eigenvalue weighted by atomic mass is 16.3. The molecule has 0 fully saturated rings. The molecule has 0 radical (unpaired) electrons. The first-order valence-electron chi connectivity index (χ1n) is 5.73. The van der Waals surface area contributed by atoms with Gasteiger partial charge in [0.05, 0.1) is 11.3 Å². The van der Waals surface area contributed by atoms with Crippen LogP contribution in [0.4, 0.5) is 5.69 Å². The largest absolute Gasteiger partial charge is 0.508 e. The maximum atomic E-state index is 9.66. The Balaban J connectivity index is 2.19. The molecule has 0 unspecified atom stereocenters. The zero-order valence-electron chi connectivity index (χ0n) is 10.1. The Morgan fingerprint density at radius 2 is 1.94 bits per heavy atom. The molecule has 0 bridgehead atoms. The number of aromatic hydroxyl groups is 1. The molecule has 0 saturated carbocycles. The molecule has 3 nitrogen and oxygen atoms in total. The van der Waals surface area contributed by atoms with Crippen LogP contribution < -0.4 is 5.32 Å². The molecule has 2 aromatic rings. The number of hydrogen-bond donors (Lipinski definition) is 2. The standard InChI is InChI=1S/C15H14N2O/c1-11-5-4-7-14(13(11)9-16)17-10-12-6-2-3-8-15(12)18/h2-8,17-18H,10H2,1H3. The summed E-state index contributed by atoms with van der Waals surface area (Å²) in [7, 11) is 0. The fourth-order valence-corrected chi connectivity index (χ4v) is 1.81. The molecule has 90 valence electrons. The van der Waals surface area contributed by atoms with Crippen LogP contribution in [-0.2, 0) is 6.54 Å². The molecular weight excluding hydrogens is 224 g/mol. The van der Waals surface area contributed by atoms with E-state index in [4.69, 9.17) is 5.26 Å². The van der Waals surface area contributed by atoms with E-state index in [0.29, 0.717) is 12.1 Å². The Hall–Kier alpha value is -2.47. The topological polar surface area (TPSA) is 56.0 Å². The lowest BCUT2D eigenvalue weighted by Gasteiger charge is -2.10. The summed E-state index contributed by atoms with van der Waals surface area (Å²) in [6.45, 7) is 2.40. The van der Waals surface area contributed by atoms with Crippen molar-refractivity contribution in [2.75, 3.05) is 5.32 Å². The van der Waals surface area contributed by atoms with Gasteiger partial charge in [-0.25, -0.2) is 0 Å². The highest BCUT2D eigenvalue weighted by Crippen LogP contribution is 2.21. The highest BCUT2D eigenvalue weighted by molar-refractivity contribution is 5.60. The summed E-state index contributed by atoms with van der Waals surface area (Å²) < 4.78 is 0. The van der Waals surface area contributed by atoms with Crippen molar-refractivity contribution in [2.45, 2.75) is 13.5 Å². The van der Waals surface area contributed by atoms with Gasteiger partial charge in [-0.3, -0.25) is 0 Å². The first kappa shape index (κ1) is 12.0. The fraction of sp³-hybridized carbons (Fsp3) is 0.133. The summed E-state index contributed by atoms with van der Waals surface area (Å²) in [5, 5.41) is 22.0. The number of aryl methyl sites for hydroxylation is 1. The van der Waals surface area contributed by atoms with Crippen molar-refractivity contribution in [1.29, 1.82) is 5.26 Å². The van der Waals surface area contributed by atoms with Crippen LogP contribution in [0.2, 0.25) is 0 Å². The lowest BCUT2D eigenvalue weighted by atomic mass is 10.1. The van der Waals surface area contributed by atoms with Gasteiger partial charge in [0.25, 0.3) is 0 Å². The molecule has 2 N–H and O–H groups in total. The zero-order chi connectivity index (χ0) is 13.0. The Morgan fingerprint density at radius 1 is 1.17 bits per heavy atom. The van der Waals surface area contributed by atoms with Gasteiger partial charge in [0.15, 0.2) is 0 Å².